The van der Waals surface area contributed by atoms with Crippen molar-refractivity contribution < 1.29 is 13.3 Å². The summed E-state index contributed by atoms with van der Waals surface area (Å²) in [5.41, 5.74) is -0.286. The normalized spacial score (nSPS) is 11.5. The molecular formula is C11H12N4O4S2. The summed E-state index contributed by atoms with van der Waals surface area (Å²) in [6.07, 6.45) is 1.67. The van der Waals surface area contributed by atoms with Gasteiger partial charge in [-0.1, -0.05) is 6.92 Å². The van der Waals surface area contributed by atoms with Crippen LogP contribution >= 0.6 is 11.8 Å². The van der Waals surface area contributed by atoms with E-state index in [2.05, 4.69) is 15.2 Å². The van der Waals surface area contributed by atoms with Crippen molar-refractivity contribution in [1.29, 1.82) is 0 Å². The molecule has 21 heavy (non-hydrogen) atoms. The summed E-state index contributed by atoms with van der Waals surface area (Å²) >= 11 is 1.01. The third-order valence-corrected chi connectivity index (χ3v) is 4.64. The molecule has 0 aliphatic rings. The summed E-state index contributed by atoms with van der Waals surface area (Å²) in [5, 5.41) is 18.1. The minimum absolute atomic E-state index is 0.0946. The molecular weight excluding hydrogens is 316 g/mol. The summed E-state index contributed by atoms with van der Waals surface area (Å²) in [7, 11) is -3.50. The van der Waals surface area contributed by atoms with E-state index in [9.17, 15) is 18.5 Å². The number of hydrogen-bond acceptors (Lipinski definition) is 7. The van der Waals surface area contributed by atoms with Crippen LogP contribution in [0.1, 0.15) is 12.7 Å². The Morgan fingerprint density at radius 2 is 2.14 bits per heavy atom. The summed E-state index contributed by atoms with van der Waals surface area (Å²) in [5.74, 6) is 0.674. The van der Waals surface area contributed by atoms with Crippen molar-refractivity contribution in [3.05, 3.63) is 34.1 Å². The number of benzene rings is 1. The number of nitro benzene ring substituents is 1. The number of hydrogen-bond donors (Lipinski definition) is 1. The lowest BCUT2D eigenvalue weighted by atomic mass is 10.3. The first-order valence-corrected chi connectivity index (χ1v) is 8.59. The van der Waals surface area contributed by atoms with Crippen LogP contribution in [-0.2, 0) is 16.3 Å². The van der Waals surface area contributed by atoms with Crippen LogP contribution in [0.25, 0.3) is 0 Å². The molecule has 0 saturated carbocycles. The molecule has 0 atom stereocenters. The summed E-state index contributed by atoms with van der Waals surface area (Å²) in [6, 6.07) is 3.77. The highest BCUT2D eigenvalue weighted by atomic mass is 32.2. The van der Waals surface area contributed by atoms with Crippen molar-refractivity contribution in [2.45, 2.75) is 28.3 Å². The quantitative estimate of drug-likeness (QED) is 0.656. The average Bonchev–Trinajstić information content (AvgIpc) is 2.85. The van der Waals surface area contributed by atoms with E-state index in [0.717, 1.165) is 24.1 Å². The zero-order valence-corrected chi connectivity index (χ0v) is 12.9. The zero-order valence-electron chi connectivity index (χ0n) is 11.2. The predicted molar refractivity (Wildman–Crippen MR) is 76.1 cm³/mol. The Bertz CT molecular complexity index is 785. The van der Waals surface area contributed by atoms with Gasteiger partial charge in [0.25, 0.3) is 5.69 Å². The van der Waals surface area contributed by atoms with Gasteiger partial charge < -0.3 is 0 Å². The fourth-order valence-corrected chi connectivity index (χ4v) is 3.00. The number of aromatic amines is 1. The van der Waals surface area contributed by atoms with Gasteiger partial charge in [0.1, 0.15) is 5.82 Å². The lowest BCUT2D eigenvalue weighted by Gasteiger charge is -2.02. The lowest BCUT2D eigenvalue weighted by molar-refractivity contribution is -0.388. The van der Waals surface area contributed by atoms with Gasteiger partial charge in [-0.3, -0.25) is 15.2 Å². The first kappa shape index (κ1) is 15.4. The van der Waals surface area contributed by atoms with Crippen LogP contribution in [0.4, 0.5) is 5.69 Å². The third-order valence-electron chi connectivity index (χ3n) is 2.60. The van der Waals surface area contributed by atoms with Gasteiger partial charge in [-0.15, -0.1) is 5.10 Å². The van der Waals surface area contributed by atoms with E-state index in [1.807, 2.05) is 6.92 Å². The van der Waals surface area contributed by atoms with Crippen molar-refractivity contribution >= 4 is 27.3 Å². The molecule has 0 unspecified atom stereocenters. The topological polar surface area (TPSA) is 119 Å². The van der Waals surface area contributed by atoms with E-state index in [-0.39, 0.29) is 15.5 Å². The molecule has 0 aliphatic heterocycles. The lowest BCUT2D eigenvalue weighted by Crippen LogP contribution is -1.99. The summed E-state index contributed by atoms with van der Waals surface area (Å²) in [4.78, 5) is 14.8. The number of aromatic nitrogens is 3. The molecule has 1 N–H and O–H groups in total. The number of nitrogens with zero attached hydrogens (tertiary/aromatic N) is 3. The van der Waals surface area contributed by atoms with E-state index >= 15 is 0 Å². The van der Waals surface area contributed by atoms with Crippen LogP contribution in [0.3, 0.4) is 0 Å². The number of H-pyrrole nitrogens is 1. The average molecular weight is 328 g/mol. The van der Waals surface area contributed by atoms with E-state index in [4.69, 9.17) is 0 Å². The van der Waals surface area contributed by atoms with Crippen LogP contribution in [0, 0.1) is 10.1 Å². The van der Waals surface area contributed by atoms with Gasteiger partial charge in [-0.05, 0) is 23.9 Å². The second-order valence-electron chi connectivity index (χ2n) is 4.18. The van der Waals surface area contributed by atoms with Gasteiger partial charge in [0.2, 0.25) is 5.16 Å². The number of rotatable bonds is 5. The fourth-order valence-electron chi connectivity index (χ4n) is 1.54. The maximum absolute atomic E-state index is 11.5. The SMILES string of the molecule is CCc1nc(Sc2ccc(S(C)(=O)=O)cc2[N+](=O)[O-])n[nH]1. The number of nitrogens with one attached hydrogen (secondary N) is 1. The smallest absolute Gasteiger partial charge is 0.262 e. The van der Waals surface area contributed by atoms with E-state index in [0.29, 0.717) is 17.4 Å². The highest BCUT2D eigenvalue weighted by molar-refractivity contribution is 7.99. The molecule has 1 heterocycles. The fraction of sp³-hybridized carbons (Fsp3) is 0.273. The second-order valence-corrected chi connectivity index (χ2v) is 7.20. The van der Waals surface area contributed by atoms with Crippen LogP contribution in [0.15, 0.2) is 33.1 Å². The molecule has 8 nitrogen and oxygen atoms in total. The molecule has 0 bridgehead atoms. The molecule has 0 saturated heterocycles. The van der Waals surface area contributed by atoms with Gasteiger partial charge in [-0.2, -0.15) is 0 Å². The molecule has 0 aliphatic carbocycles. The minimum Gasteiger partial charge on any atom is -0.262 e. The van der Waals surface area contributed by atoms with Crippen LogP contribution < -0.4 is 0 Å². The van der Waals surface area contributed by atoms with Gasteiger partial charge >= 0.3 is 0 Å². The summed E-state index contributed by atoms with van der Waals surface area (Å²) in [6.45, 7) is 1.90. The summed E-state index contributed by atoms with van der Waals surface area (Å²) < 4.78 is 22.9. The number of sulfone groups is 1. The maximum atomic E-state index is 11.5. The second kappa shape index (κ2) is 5.82. The molecule has 1 aromatic carbocycles. The Kier molecular flexibility index (Phi) is 4.28. The Morgan fingerprint density at radius 3 is 2.67 bits per heavy atom. The Balaban J connectivity index is 2.41. The first-order chi connectivity index (χ1) is 9.81. The molecule has 2 aromatic rings. The molecule has 0 spiro atoms. The van der Waals surface area contributed by atoms with E-state index < -0.39 is 14.8 Å². The van der Waals surface area contributed by atoms with Crippen LogP contribution in [-0.4, -0.2) is 34.8 Å². The molecule has 10 heteroatoms. The molecule has 0 amide bonds. The van der Waals surface area contributed by atoms with E-state index in [1.54, 1.807) is 0 Å². The molecule has 2 rings (SSSR count). The zero-order chi connectivity index (χ0) is 15.6. The minimum atomic E-state index is -3.50. The molecule has 0 radical (unpaired) electrons. The Labute approximate surface area is 125 Å². The van der Waals surface area contributed by atoms with Crippen molar-refractivity contribution in [2.24, 2.45) is 0 Å². The van der Waals surface area contributed by atoms with Gasteiger partial charge in [0.05, 0.1) is 14.7 Å². The monoisotopic (exact) mass is 328 g/mol. The number of aryl methyl sites for hydroxylation is 1. The molecule has 1 aromatic heterocycles. The van der Waals surface area contributed by atoms with Crippen molar-refractivity contribution in [1.82, 2.24) is 15.2 Å². The van der Waals surface area contributed by atoms with Crippen LogP contribution in [0.2, 0.25) is 0 Å². The molecule has 112 valence electrons. The first-order valence-electron chi connectivity index (χ1n) is 5.89. The van der Waals surface area contributed by atoms with Gasteiger partial charge in [0.15, 0.2) is 9.84 Å². The van der Waals surface area contributed by atoms with E-state index in [1.165, 1.54) is 12.1 Å². The highest BCUT2D eigenvalue weighted by Gasteiger charge is 2.20. The van der Waals surface area contributed by atoms with Gasteiger partial charge in [-0.25, -0.2) is 13.4 Å². The predicted octanol–water partition coefficient (Wildman–Crippen LogP) is 1.83. The number of nitro groups is 1. The van der Waals surface area contributed by atoms with Crippen molar-refractivity contribution in [2.75, 3.05) is 6.26 Å². The highest BCUT2D eigenvalue weighted by Crippen LogP contribution is 2.34. The molecule has 0 fully saturated rings. The van der Waals surface area contributed by atoms with Crippen molar-refractivity contribution in [3.8, 4) is 0 Å². The van der Waals surface area contributed by atoms with Gasteiger partial charge in [0, 0.05) is 18.7 Å². The Morgan fingerprint density at radius 1 is 1.43 bits per heavy atom. The standard InChI is InChI=1S/C11H12N4O4S2/c1-3-10-12-11(14-13-10)20-9-5-4-7(21(2,18)19)6-8(9)15(16)17/h4-6H,3H2,1-2H3,(H,12,13,14). The largest absolute Gasteiger partial charge is 0.284 e. The van der Waals surface area contributed by atoms with Crippen LogP contribution in [0.5, 0.6) is 0 Å². The van der Waals surface area contributed by atoms with Crippen molar-refractivity contribution in [3.63, 3.8) is 0 Å². The third kappa shape index (κ3) is 3.58. The Hall–Kier alpha value is -1.94. The maximum Gasteiger partial charge on any atom is 0.284 e.